The summed E-state index contributed by atoms with van der Waals surface area (Å²) in [6.07, 6.45) is 5.85. The number of thioether (sulfide) groups is 1. The highest BCUT2D eigenvalue weighted by Crippen LogP contribution is 2.22. The Labute approximate surface area is 133 Å². The third kappa shape index (κ3) is 4.59. The molecule has 7 heteroatoms. The molecule has 0 aromatic carbocycles. The van der Waals surface area contributed by atoms with Crippen LogP contribution in [0.2, 0.25) is 5.15 Å². The lowest BCUT2D eigenvalue weighted by Crippen LogP contribution is -2.25. The van der Waals surface area contributed by atoms with Crippen molar-refractivity contribution in [3.8, 4) is 6.07 Å². The molecule has 0 aliphatic rings. The molecule has 0 aliphatic heterocycles. The fraction of sp³-hybridized carbons (Fsp3) is 0.286. The first-order valence-electron chi connectivity index (χ1n) is 6.32. The second-order valence-corrected chi connectivity index (χ2v) is 5.39. The van der Waals surface area contributed by atoms with Gasteiger partial charge in [-0.2, -0.15) is 5.26 Å². The molecule has 0 spiro atoms. The summed E-state index contributed by atoms with van der Waals surface area (Å²) in [7, 11) is 0. The number of hydrogen-bond acceptors (Lipinski definition) is 6. The summed E-state index contributed by atoms with van der Waals surface area (Å²) in [4.78, 5) is 14.7. The zero-order chi connectivity index (χ0) is 15.1. The number of anilines is 1. The van der Waals surface area contributed by atoms with Gasteiger partial charge >= 0.3 is 0 Å². The minimum atomic E-state index is 0.400. The molecule has 21 heavy (non-hydrogen) atoms. The van der Waals surface area contributed by atoms with Gasteiger partial charge in [-0.3, -0.25) is 4.98 Å². The van der Waals surface area contributed by atoms with Crippen LogP contribution in [0.4, 0.5) is 5.82 Å². The predicted octanol–water partition coefficient (Wildman–Crippen LogP) is 3.17. The van der Waals surface area contributed by atoms with Crippen molar-refractivity contribution in [1.29, 1.82) is 5.26 Å². The average Bonchev–Trinajstić information content (AvgIpc) is 2.51. The first-order valence-corrected chi connectivity index (χ1v) is 7.92. The Morgan fingerprint density at radius 2 is 2.29 bits per heavy atom. The van der Waals surface area contributed by atoms with Crippen molar-refractivity contribution < 1.29 is 0 Å². The van der Waals surface area contributed by atoms with Crippen LogP contribution in [-0.4, -0.2) is 27.8 Å². The van der Waals surface area contributed by atoms with E-state index in [1.54, 1.807) is 18.5 Å². The molecular weight excluding hydrogens is 306 g/mol. The molecule has 2 aromatic heterocycles. The fourth-order valence-corrected chi connectivity index (χ4v) is 2.41. The van der Waals surface area contributed by atoms with Gasteiger partial charge in [-0.25, -0.2) is 9.97 Å². The van der Waals surface area contributed by atoms with Crippen LogP contribution < -0.4 is 4.90 Å². The average molecular weight is 320 g/mol. The second-order valence-electron chi connectivity index (χ2n) is 4.23. The minimum absolute atomic E-state index is 0.400. The van der Waals surface area contributed by atoms with Crippen LogP contribution in [-0.2, 0) is 6.54 Å². The zero-order valence-corrected chi connectivity index (χ0v) is 13.1. The first kappa shape index (κ1) is 15.5. The van der Waals surface area contributed by atoms with Gasteiger partial charge < -0.3 is 4.90 Å². The van der Waals surface area contributed by atoms with Gasteiger partial charge in [-0.15, -0.1) is 0 Å². The maximum absolute atomic E-state index is 8.83. The molecule has 0 amide bonds. The number of nitriles is 1. The summed E-state index contributed by atoms with van der Waals surface area (Å²) in [5.41, 5.74) is 1.05. The van der Waals surface area contributed by atoms with Crippen molar-refractivity contribution in [3.05, 3.63) is 41.3 Å². The monoisotopic (exact) mass is 319 g/mol. The van der Waals surface area contributed by atoms with E-state index in [0.717, 1.165) is 11.4 Å². The molecule has 2 aromatic rings. The number of hydrogen-bond donors (Lipinski definition) is 0. The molecular formula is C14H14ClN5S. The number of rotatable bonds is 6. The molecule has 0 atom stereocenters. The Morgan fingerprint density at radius 3 is 2.95 bits per heavy atom. The van der Waals surface area contributed by atoms with Gasteiger partial charge in [0.15, 0.2) is 5.16 Å². The van der Waals surface area contributed by atoms with Gasteiger partial charge in [0.05, 0.1) is 12.5 Å². The van der Waals surface area contributed by atoms with Gasteiger partial charge in [0, 0.05) is 31.5 Å². The molecule has 0 bridgehead atoms. The van der Waals surface area contributed by atoms with Crippen LogP contribution in [0.1, 0.15) is 12.0 Å². The van der Waals surface area contributed by atoms with Gasteiger partial charge in [0.1, 0.15) is 11.0 Å². The quantitative estimate of drug-likeness (QED) is 0.463. The SMILES string of the molecule is CSc1nc(Cl)cc(N(CCC#N)Cc2cccnc2)n1. The molecule has 5 nitrogen and oxygen atoms in total. The van der Waals surface area contributed by atoms with E-state index >= 15 is 0 Å². The molecule has 0 saturated heterocycles. The minimum Gasteiger partial charge on any atom is -0.351 e. The zero-order valence-electron chi connectivity index (χ0n) is 11.5. The predicted molar refractivity (Wildman–Crippen MR) is 84.3 cm³/mol. The fourth-order valence-electron chi connectivity index (χ4n) is 1.81. The molecule has 2 rings (SSSR count). The van der Waals surface area contributed by atoms with Crippen LogP contribution in [0.5, 0.6) is 0 Å². The topological polar surface area (TPSA) is 65.7 Å². The molecule has 2 heterocycles. The molecule has 0 unspecified atom stereocenters. The number of pyridine rings is 1. The summed E-state index contributed by atoms with van der Waals surface area (Å²) in [5, 5.41) is 9.85. The Balaban J connectivity index is 2.27. The van der Waals surface area contributed by atoms with Gasteiger partial charge in [0.25, 0.3) is 0 Å². The largest absolute Gasteiger partial charge is 0.351 e. The van der Waals surface area contributed by atoms with Crippen LogP contribution >= 0.6 is 23.4 Å². The van der Waals surface area contributed by atoms with Crippen molar-refractivity contribution in [2.75, 3.05) is 17.7 Å². The van der Waals surface area contributed by atoms with E-state index in [-0.39, 0.29) is 0 Å². The Kier molecular flexibility index (Phi) is 5.78. The van der Waals surface area contributed by atoms with Gasteiger partial charge in [-0.05, 0) is 17.9 Å². The van der Waals surface area contributed by atoms with E-state index in [1.165, 1.54) is 11.8 Å². The normalized spacial score (nSPS) is 10.1. The molecule has 0 saturated carbocycles. The lowest BCUT2D eigenvalue weighted by atomic mass is 10.2. The van der Waals surface area contributed by atoms with E-state index in [0.29, 0.717) is 29.8 Å². The van der Waals surface area contributed by atoms with Crippen LogP contribution in [0.3, 0.4) is 0 Å². The molecule has 0 radical (unpaired) electrons. The molecule has 0 N–H and O–H groups in total. The Bertz CT molecular complexity index is 629. The molecule has 108 valence electrons. The van der Waals surface area contributed by atoms with E-state index in [9.17, 15) is 0 Å². The van der Waals surface area contributed by atoms with Crippen molar-refractivity contribution in [3.63, 3.8) is 0 Å². The highest BCUT2D eigenvalue weighted by Gasteiger charge is 2.12. The highest BCUT2D eigenvalue weighted by atomic mass is 35.5. The summed E-state index contributed by atoms with van der Waals surface area (Å²) in [6, 6.07) is 7.75. The number of nitrogens with zero attached hydrogens (tertiary/aromatic N) is 5. The van der Waals surface area contributed by atoms with Crippen molar-refractivity contribution in [2.24, 2.45) is 0 Å². The van der Waals surface area contributed by atoms with Crippen LogP contribution in [0.25, 0.3) is 0 Å². The Morgan fingerprint density at radius 1 is 1.43 bits per heavy atom. The number of aromatic nitrogens is 3. The molecule has 0 aliphatic carbocycles. The van der Waals surface area contributed by atoms with E-state index < -0.39 is 0 Å². The highest BCUT2D eigenvalue weighted by molar-refractivity contribution is 7.98. The standard InChI is InChI=1S/C14H14ClN5S/c1-21-14-18-12(15)8-13(19-14)20(7-3-5-16)10-11-4-2-6-17-9-11/h2,4,6,8-9H,3,7,10H2,1H3. The maximum Gasteiger partial charge on any atom is 0.190 e. The van der Waals surface area contributed by atoms with Crippen LogP contribution in [0, 0.1) is 11.3 Å². The summed E-state index contributed by atoms with van der Waals surface area (Å²) in [5.74, 6) is 0.721. The van der Waals surface area contributed by atoms with Crippen molar-refractivity contribution in [1.82, 2.24) is 15.0 Å². The van der Waals surface area contributed by atoms with Crippen LogP contribution in [0.15, 0.2) is 35.7 Å². The van der Waals surface area contributed by atoms with E-state index in [1.807, 2.05) is 23.3 Å². The van der Waals surface area contributed by atoms with E-state index in [4.69, 9.17) is 16.9 Å². The van der Waals surface area contributed by atoms with Gasteiger partial charge in [-0.1, -0.05) is 29.4 Å². The van der Waals surface area contributed by atoms with Crippen molar-refractivity contribution in [2.45, 2.75) is 18.1 Å². The lowest BCUT2D eigenvalue weighted by Gasteiger charge is -2.23. The van der Waals surface area contributed by atoms with E-state index in [2.05, 4.69) is 21.0 Å². The summed E-state index contributed by atoms with van der Waals surface area (Å²) in [6.45, 7) is 1.20. The lowest BCUT2D eigenvalue weighted by molar-refractivity contribution is 0.765. The Hall–Kier alpha value is -1.84. The first-order chi connectivity index (χ1) is 10.2. The third-order valence-corrected chi connectivity index (χ3v) is 3.50. The third-order valence-electron chi connectivity index (χ3n) is 2.76. The second kappa shape index (κ2) is 7.81. The maximum atomic E-state index is 8.83. The molecule has 0 fully saturated rings. The summed E-state index contributed by atoms with van der Waals surface area (Å²) < 4.78 is 0. The number of halogens is 1. The van der Waals surface area contributed by atoms with Gasteiger partial charge in [0.2, 0.25) is 0 Å². The van der Waals surface area contributed by atoms with Crippen molar-refractivity contribution >= 4 is 29.2 Å². The smallest absolute Gasteiger partial charge is 0.190 e. The summed E-state index contributed by atoms with van der Waals surface area (Å²) >= 11 is 7.48.